The maximum atomic E-state index is 12.5. The van der Waals surface area contributed by atoms with E-state index in [2.05, 4.69) is 20.2 Å². The number of azo groups is 1. The monoisotopic (exact) mass is 314 g/mol. The van der Waals surface area contributed by atoms with E-state index in [0.717, 1.165) is 11.0 Å². The summed E-state index contributed by atoms with van der Waals surface area (Å²) in [5.41, 5.74) is -0.442. The van der Waals surface area contributed by atoms with Gasteiger partial charge in [-0.05, 0) is 31.7 Å². The number of pyridine rings is 1. The molecule has 8 heteroatoms. The highest BCUT2D eigenvalue weighted by Crippen LogP contribution is 2.33. The minimum Gasteiger partial charge on any atom is -0.869 e. The van der Waals surface area contributed by atoms with E-state index in [1.54, 1.807) is 13.0 Å². The Kier molecular flexibility index (Phi) is 4.91. The van der Waals surface area contributed by atoms with Gasteiger partial charge < -0.3 is 14.2 Å². The molecule has 0 bridgehead atoms. The van der Waals surface area contributed by atoms with E-state index in [-0.39, 0.29) is 29.3 Å². The fourth-order valence-corrected chi connectivity index (χ4v) is 2.05. The van der Waals surface area contributed by atoms with Crippen LogP contribution in [0.4, 0.5) is 17.2 Å². The molecule has 2 aromatic rings. The van der Waals surface area contributed by atoms with Crippen LogP contribution in [0, 0.1) is 20.4 Å². The third-order valence-electron chi connectivity index (χ3n) is 3.32. The first-order valence-corrected chi connectivity index (χ1v) is 7.16. The van der Waals surface area contributed by atoms with Crippen molar-refractivity contribution in [1.29, 1.82) is 0 Å². The number of hydrogen-bond donors (Lipinski definition) is 0. The molecule has 0 spiro atoms. The van der Waals surface area contributed by atoms with Crippen LogP contribution in [0.15, 0.2) is 25.6 Å². The molecule has 0 radical (unpaired) electrons. The average molecular weight is 314 g/mol. The molecule has 0 aliphatic carbocycles. The van der Waals surface area contributed by atoms with Crippen LogP contribution in [0.2, 0.25) is 0 Å². The molecule has 23 heavy (non-hydrogen) atoms. The minimum absolute atomic E-state index is 0.0210. The van der Waals surface area contributed by atoms with Crippen LogP contribution in [0.25, 0.3) is 4.85 Å². The van der Waals surface area contributed by atoms with Crippen LogP contribution in [-0.4, -0.2) is 9.72 Å². The summed E-state index contributed by atoms with van der Waals surface area (Å²) < 4.78 is 5.92. The number of unbranched alkanes of at least 4 members (excludes halogenated alkanes) is 1. The van der Waals surface area contributed by atoms with Gasteiger partial charge in [0.05, 0.1) is 6.57 Å². The summed E-state index contributed by atoms with van der Waals surface area (Å²) in [6, 6.07) is 1.56. The van der Waals surface area contributed by atoms with Gasteiger partial charge in [-0.3, -0.25) is 4.79 Å². The molecule has 0 aromatic carbocycles. The zero-order valence-corrected chi connectivity index (χ0v) is 13.2. The van der Waals surface area contributed by atoms with Crippen LogP contribution in [-0.2, 0) is 6.54 Å². The Hall–Kier alpha value is -2.95. The molecular weight excluding hydrogens is 298 g/mol. The van der Waals surface area contributed by atoms with E-state index in [0.29, 0.717) is 12.2 Å². The SMILES string of the molecule is [C-]#[N+]c1c(C)c(N=Nc2cc(C)on2)c(=O)n(CCCC)c1[O-]. The Morgan fingerprint density at radius 3 is 2.74 bits per heavy atom. The van der Waals surface area contributed by atoms with Crippen molar-refractivity contribution in [2.75, 3.05) is 0 Å². The number of hydrogen-bond acceptors (Lipinski definition) is 6. The lowest BCUT2D eigenvalue weighted by atomic mass is 10.2. The molecule has 0 atom stereocenters. The third-order valence-corrected chi connectivity index (χ3v) is 3.32. The van der Waals surface area contributed by atoms with E-state index < -0.39 is 11.4 Å². The summed E-state index contributed by atoms with van der Waals surface area (Å²) >= 11 is 0. The molecule has 0 saturated carbocycles. The normalized spacial score (nSPS) is 11.0. The first-order valence-electron chi connectivity index (χ1n) is 7.16. The van der Waals surface area contributed by atoms with Crippen LogP contribution < -0.4 is 10.7 Å². The number of aryl methyl sites for hydroxylation is 1. The fourth-order valence-electron chi connectivity index (χ4n) is 2.05. The number of aromatic nitrogens is 2. The van der Waals surface area contributed by atoms with Gasteiger partial charge in [0.25, 0.3) is 5.56 Å². The van der Waals surface area contributed by atoms with Crippen LogP contribution in [0.1, 0.15) is 31.1 Å². The lowest BCUT2D eigenvalue weighted by molar-refractivity contribution is -0.278. The summed E-state index contributed by atoms with van der Waals surface area (Å²) in [5, 5.41) is 23.6. The Bertz CT molecular complexity index is 842. The van der Waals surface area contributed by atoms with E-state index >= 15 is 0 Å². The molecule has 0 aliphatic heterocycles. The largest absolute Gasteiger partial charge is 0.869 e. The smallest absolute Gasteiger partial charge is 0.275 e. The summed E-state index contributed by atoms with van der Waals surface area (Å²) in [6.07, 6.45) is 1.48. The molecular formula is C15H16N5O3-. The zero-order chi connectivity index (χ0) is 17.0. The second kappa shape index (κ2) is 6.87. The van der Waals surface area contributed by atoms with Gasteiger partial charge in [-0.25, -0.2) is 4.85 Å². The van der Waals surface area contributed by atoms with Crippen molar-refractivity contribution in [3.8, 4) is 5.88 Å². The third kappa shape index (κ3) is 3.29. The standard InChI is InChI=1S/C15H17N5O3/c1-5-6-7-20-14(21)12(16-4)10(3)13(15(20)22)18-17-11-8-9(2)23-19-11/h8,21H,5-7H2,1-3H3/p-1. The molecule has 0 saturated heterocycles. The van der Waals surface area contributed by atoms with Gasteiger partial charge in [-0.15, -0.1) is 10.2 Å². The van der Waals surface area contributed by atoms with E-state index in [1.165, 1.54) is 6.92 Å². The van der Waals surface area contributed by atoms with E-state index in [1.807, 2.05) is 6.92 Å². The van der Waals surface area contributed by atoms with Gasteiger partial charge >= 0.3 is 0 Å². The molecule has 8 nitrogen and oxygen atoms in total. The van der Waals surface area contributed by atoms with Crippen molar-refractivity contribution in [2.24, 2.45) is 10.2 Å². The first kappa shape index (κ1) is 16.4. The lowest BCUT2D eigenvalue weighted by Crippen LogP contribution is -2.24. The van der Waals surface area contributed by atoms with Crippen molar-refractivity contribution in [2.45, 2.75) is 40.2 Å². The van der Waals surface area contributed by atoms with Crippen molar-refractivity contribution in [1.82, 2.24) is 9.72 Å². The molecule has 2 rings (SSSR count). The van der Waals surface area contributed by atoms with Gasteiger partial charge in [0.1, 0.15) is 11.4 Å². The van der Waals surface area contributed by atoms with Gasteiger partial charge in [0.15, 0.2) is 0 Å². The molecule has 0 aliphatic rings. The first-order chi connectivity index (χ1) is 11.0. The topological polar surface area (TPSA) is 100 Å². The fraction of sp³-hybridized carbons (Fsp3) is 0.400. The van der Waals surface area contributed by atoms with Gasteiger partial charge in [0.2, 0.25) is 11.5 Å². The highest BCUT2D eigenvalue weighted by atomic mass is 16.5. The van der Waals surface area contributed by atoms with E-state index in [4.69, 9.17) is 11.1 Å². The second-order valence-corrected chi connectivity index (χ2v) is 5.05. The average Bonchev–Trinajstić information content (AvgIpc) is 2.93. The van der Waals surface area contributed by atoms with Gasteiger partial charge in [-0.2, -0.15) is 0 Å². The van der Waals surface area contributed by atoms with Crippen molar-refractivity contribution < 1.29 is 9.63 Å². The minimum atomic E-state index is -0.577. The Labute approximate surface area is 132 Å². The zero-order valence-electron chi connectivity index (χ0n) is 13.2. The summed E-state index contributed by atoms with van der Waals surface area (Å²) in [4.78, 5) is 15.7. The Balaban J connectivity index is 2.56. The quantitative estimate of drug-likeness (QED) is 0.624. The van der Waals surface area contributed by atoms with Crippen LogP contribution in [0.3, 0.4) is 0 Å². The van der Waals surface area contributed by atoms with Crippen molar-refractivity contribution in [3.63, 3.8) is 0 Å². The molecule has 2 aromatic heterocycles. The van der Waals surface area contributed by atoms with Crippen LogP contribution >= 0.6 is 0 Å². The summed E-state index contributed by atoms with van der Waals surface area (Å²) in [7, 11) is 0. The highest BCUT2D eigenvalue weighted by molar-refractivity contribution is 5.67. The molecule has 0 amide bonds. The van der Waals surface area contributed by atoms with Gasteiger partial charge in [-0.1, -0.05) is 18.5 Å². The van der Waals surface area contributed by atoms with Crippen LogP contribution in [0.5, 0.6) is 5.88 Å². The summed E-state index contributed by atoms with van der Waals surface area (Å²) in [6.45, 7) is 12.6. The van der Waals surface area contributed by atoms with Crippen molar-refractivity contribution in [3.05, 3.63) is 39.2 Å². The number of rotatable bonds is 5. The second-order valence-electron chi connectivity index (χ2n) is 5.05. The van der Waals surface area contributed by atoms with Crippen molar-refractivity contribution >= 4 is 17.2 Å². The maximum Gasteiger partial charge on any atom is 0.275 e. The lowest BCUT2D eigenvalue weighted by Gasteiger charge is -2.20. The maximum absolute atomic E-state index is 12.5. The predicted octanol–water partition coefficient (Wildman–Crippen LogP) is 3.29. The molecule has 0 fully saturated rings. The summed E-state index contributed by atoms with van der Waals surface area (Å²) in [5.74, 6) is 0.205. The predicted molar refractivity (Wildman–Crippen MR) is 81.5 cm³/mol. The molecule has 2 heterocycles. The number of nitrogens with zero attached hydrogens (tertiary/aromatic N) is 5. The molecule has 0 N–H and O–H groups in total. The Morgan fingerprint density at radius 1 is 1.43 bits per heavy atom. The molecule has 120 valence electrons. The highest BCUT2D eigenvalue weighted by Gasteiger charge is 2.14. The van der Waals surface area contributed by atoms with E-state index in [9.17, 15) is 9.90 Å². The van der Waals surface area contributed by atoms with Gasteiger partial charge in [0, 0.05) is 12.6 Å². The molecule has 0 unspecified atom stereocenters. The Morgan fingerprint density at radius 2 is 2.17 bits per heavy atom.